The Bertz CT molecular complexity index is 882. The fourth-order valence-electron chi connectivity index (χ4n) is 3.19. The van der Waals surface area contributed by atoms with Gasteiger partial charge in [-0.25, -0.2) is 0 Å². The van der Waals surface area contributed by atoms with Crippen molar-refractivity contribution in [3.63, 3.8) is 0 Å². The number of pyridine rings is 1. The number of fused-ring (bicyclic) bond motifs is 2. The summed E-state index contributed by atoms with van der Waals surface area (Å²) < 4.78 is 31.1. The maximum absolute atomic E-state index is 15.1. The maximum atomic E-state index is 15.1. The molecule has 0 amide bonds. The van der Waals surface area contributed by atoms with Crippen LogP contribution in [0.15, 0.2) is 59.9 Å². The van der Waals surface area contributed by atoms with Gasteiger partial charge in [-0.15, -0.1) is 0 Å². The van der Waals surface area contributed by atoms with Gasteiger partial charge in [-0.2, -0.15) is 0 Å². The molecule has 128 valence electrons. The van der Waals surface area contributed by atoms with Crippen LogP contribution in [0.1, 0.15) is 18.9 Å². The summed E-state index contributed by atoms with van der Waals surface area (Å²) in [4.78, 5) is 7.32. The van der Waals surface area contributed by atoms with Crippen molar-refractivity contribution in [1.82, 2.24) is 9.71 Å². The third-order valence-corrected chi connectivity index (χ3v) is 4.62. The molecule has 2 aromatic rings. The van der Waals surface area contributed by atoms with Crippen LogP contribution in [-0.2, 0) is 0 Å². The van der Waals surface area contributed by atoms with Gasteiger partial charge in [-0.1, -0.05) is 36.7 Å². The number of nitrogens with zero attached hydrogens (tertiary/aromatic N) is 4. The summed E-state index contributed by atoms with van der Waals surface area (Å²) in [7, 11) is 0. The van der Waals surface area contributed by atoms with Gasteiger partial charge in [0.2, 0.25) is 0 Å². The average molecular weight is 361 g/mol. The van der Waals surface area contributed by atoms with Crippen molar-refractivity contribution < 1.29 is 13.1 Å². The number of hydrogen-bond acceptors (Lipinski definition) is 3. The second-order valence-electron chi connectivity index (χ2n) is 6.05. The van der Waals surface area contributed by atoms with Gasteiger partial charge >= 0.3 is 6.97 Å². The first kappa shape index (κ1) is 16.1. The van der Waals surface area contributed by atoms with Crippen molar-refractivity contribution >= 4 is 36.0 Å². The molecule has 0 N–H and O–H groups in total. The predicted octanol–water partition coefficient (Wildman–Crippen LogP) is 3.88. The van der Waals surface area contributed by atoms with Crippen LogP contribution < -0.4 is 4.48 Å². The minimum absolute atomic E-state index is 0.255. The van der Waals surface area contributed by atoms with E-state index < -0.39 is 6.97 Å². The minimum Gasteiger partial charge on any atom is -0.414 e. The van der Waals surface area contributed by atoms with Gasteiger partial charge in [0.15, 0.2) is 0 Å². The topological polar surface area (TPSA) is 22.7 Å². The smallest absolute Gasteiger partial charge is 0.414 e. The van der Waals surface area contributed by atoms with Crippen LogP contribution in [0.2, 0.25) is 5.02 Å². The summed E-state index contributed by atoms with van der Waals surface area (Å²) in [6, 6.07) is 12.1. The van der Waals surface area contributed by atoms with Crippen LogP contribution in [0.25, 0.3) is 5.70 Å². The number of hydrogen-bond donors (Lipinski definition) is 0. The lowest BCUT2D eigenvalue weighted by Gasteiger charge is -2.35. The van der Waals surface area contributed by atoms with Gasteiger partial charge in [-0.3, -0.25) is 4.90 Å². The van der Waals surface area contributed by atoms with E-state index in [2.05, 4.69) is 4.99 Å². The first-order valence-corrected chi connectivity index (χ1v) is 8.55. The molecule has 0 fully saturated rings. The Morgan fingerprint density at radius 2 is 1.92 bits per heavy atom. The molecule has 1 aromatic heterocycles. The average Bonchev–Trinajstić information content (AvgIpc) is 2.96. The summed E-state index contributed by atoms with van der Waals surface area (Å²) >= 11 is 5.96. The third kappa shape index (κ3) is 2.50. The first-order valence-electron chi connectivity index (χ1n) is 8.17. The number of guanidine groups is 1. The largest absolute Gasteiger partial charge is 0.642 e. The molecule has 2 aliphatic heterocycles. The van der Waals surface area contributed by atoms with E-state index in [-0.39, 0.29) is 11.8 Å². The van der Waals surface area contributed by atoms with Crippen molar-refractivity contribution in [2.24, 2.45) is 4.99 Å². The molecule has 0 saturated heterocycles. The molecule has 0 atom stereocenters. The molecule has 4 rings (SSSR count). The lowest BCUT2D eigenvalue weighted by atomic mass is 9.93. The van der Waals surface area contributed by atoms with E-state index in [0.717, 1.165) is 21.3 Å². The van der Waals surface area contributed by atoms with Crippen molar-refractivity contribution in [2.75, 3.05) is 6.54 Å². The molecule has 25 heavy (non-hydrogen) atoms. The Morgan fingerprint density at radius 1 is 1.16 bits per heavy atom. The molecule has 2 aliphatic rings. The van der Waals surface area contributed by atoms with E-state index >= 15 is 8.63 Å². The predicted molar refractivity (Wildman–Crippen MR) is 95.4 cm³/mol. The molecular formula is C17H16BClF2N4. The SMILES string of the molecule is CCCN1C(c2ccc(Cl)cc2)=CN2C1=Nc1cccc[n+]1[B-]2(F)F. The zero-order valence-electron chi connectivity index (χ0n) is 13.6. The highest BCUT2D eigenvalue weighted by molar-refractivity contribution is 6.58. The maximum Gasteiger partial charge on any atom is 0.642 e. The van der Waals surface area contributed by atoms with Crippen molar-refractivity contribution in [3.8, 4) is 0 Å². The number of halogens is 3. The molecular weight excluding hydrogens is 344 g/mol. The molecule has 0 aliphatic carbocycles. The monoisotopic (exact) mass is 360 g/mol. The Kier molecular flexibility index (Phi) is 3.76. The van der Waals surface area contributed by atoms with E-state index in [4.69, 9.17) is 11.6 Å². The fourth-order valence-corrected chi connectivity index (χ4v) is 3.31. The third-order valence-electron chi connectivity index (χ3n) is 4.36. The standard InChI is InChI=1S/C17H16BClF2N4/c1-2-10-23-15(13-6-8-14(19)9-7-13)12-25-17(23)22-16-5-3-4-11-24(16)18(25,20)21/h3-9,11-12H,2,10H2,1H3. The van der Waals surface area contributed by atoms with Crippen LogP contribution in [0.3, 0.4) is 0 Å². The summed E-state index contributed by atoms with van der Waals surface area (Å²) in [5.41, 5.74) is 1.53. The molecule has 0 unspecified atom stereocenters. The van der Waals surface area contributed by atoms with Crippen LogP contribution >= 0.6 is 11.6 Å². The Balaban J connectivity index is 1.86. The van der Waals surface area contributed by atoms with Gasteiger partial charge in [-0.05, 0) is 41.4 Å². The normalized spacial score (nSPS) is 17.8. The summed E-state index contributed by atoms with van der Waals surface area (Å²) in [6.45, 7) is -1.38. The van der Waals surface area contributed by atoms with Crippen LogP contribution in [0.4, 0.5) is 14.4 Å². The lowest BCUT2D eigenvalue weighted by molar-refractivity contribution is -0.560. The van der Waals surface area contributed by atoms with E-state index in [1.807, 2.05) is 24.0 Å². The van der Waals surface area contributed by atoms with Crippen molar-refractivity contribution in [1.29, 1.82) is 0 Å². The van der Waals surface area contributed by atoms with Crippen LogP contribution in [0.5, 0.6) is 0 Å². The molecule has 8 heteroatoms. The van der Waals surface area contributed by atoms with E-state index in [9.17, 15) is 0 Å². The van der Waals surface area contributed by atoms with E-state index in [0.29, 0.717) is 17.3 Å². The molecule has 0 spiro atoms. The molecule has 0 radical (unpaired) electrons. The highest BCUT2D eigenvalue weighted by atomic mass is 35.5. The second kappa shape index (κ2) is 5.84. The Labute approximate surface area is 149 Å². The van der Waals surface area contributed by atoms with Gasteiger partial charge in [0.25, 0.3) is 11.8 Å². The van der Waals surface area contributed by atoms with Gasteiger partial charge < -0.3 is 17.9 Å². The zero-order chi connectivity index (χ0) is 17.6. The molecule has 3 heterocycles. The second-order valence-corrected chi connectivity index (χ2v) is 6.48. The van der Waals surface area contributed by atoms with Crippen molar-refractivity contribution in [2.45, 2.75) is 13.3 Å². The highest BCUT2D eigenvalue weighted by Crippen LogP contribution is 2.35. The lowest BCUT2D eigenvalue weighted by Crippen LogP contribution is -2.71. The van der Waals surface area contributed by atoms with Crippen LogP contribution in [0, 0.1) is 0 Å². The van der Waals surface area contributed by atoms with Gasteiger partial charge in [0.1, 0.15) is 0 Å². The van der Waals surface area contributed by atoms with Crippen LogP contribution in [-0.4, -0.2) is 29.2 Å². The number of aromatic nitrogens is 1. The van der Waals surface area contributed by atoms with E-state index in [1.54, 1.807) is 30.3 Å². The first-order chi connectivity index (χ1) is 12.0. The van der Waals surface area contributed by atoms with Crippen molar-refractivity contribution in [3.05, 3.63) is 65.4 Å². The quantitative estimate of drug-likeness (QED) is 0.775. The fraction of sp³-hybridized carbons (Fsp3) is 0.176. The van der Waals surface area contributed by atoms with Gasteiger partial charge in [0.05, 0.1) is 5.70 Å². The Morgan fingerprint density at radius 3 is 2.64 bits per heavy atom. The van der Waals surface area contributed by atoms with E-state index in [1.165, 1.54) is 12.4 Å². The molecule has 0 saturated carbocycles. The minimum atomic E-state index is -3.99. The summed E-state index contributed by atoms with van der Waals surface area (Å²) in [5, 5.41) is 0.608. The number of aliphatic imine (C=N–C) groups is 1. The number of benzene rings is 1. The molecule has 4 nitrogen and oxygen atoms in total. The Hall–Kier alpha value is -2.41. The number of rotatable bonds is 3. The van der Waals surface area contributed by atoms with Gasteiger partial charge in [0, 0.05) is 23.8 Å². The molecule has 0 bridgehead atoms. The summed E-state index contributed by atoms with van der Waals surface area (Å²) in [5.74, 6) is 0.522. The summed E-state index contributed by atoms with van der Waals surface area (Å²) in [6.07, 6.45) is 3.67. The zero-order valence-corrected chi connectivity index (χ0v) is 14.4. The highest BCUT2D eigenvalue weighted by Gasteiger charge is 2.53. The molecule has 1 aromatic carbocycles.